The second-order valence-electron chi connectivity index (χ2n) is 7.39. The molecule has 4 aromatic rings. The van der Waals surface area contributed by atoms with E-state index in [0.717, 1.165) is 16.9 Å². The molecule has 0 aliphatic heterocycles. The summed E-state index contributed by atoms with van der Waals surface area (Å²) in [5.74, 6) is 1.42. The largest absolute Gasteiger partial charge is 0.494 e. The van der Waals surface area contributed by atoms with Crippen LogP contribution in [-0.4, -0.2) is 27.3 Å². The Morgan fingerprint density at radius 3 is 2.47 bits per heavy atom. The number of aromatic nitrogens is 3. The van der Waals surface area contributed by atoms with Gasteiger partial charge in [-0.3, -0.25) is 9.59 Å². The molecule has 172 valence electrons. The zero-order chi connectivity index (χ0) is 23.8. The lowest BCUT2D eigenvalue weighted by molar-refractivity contribution is 0.0943. The lowest BCUT2D eigenvalue weighted by Gasteiger charge is -2.10. The zero-order valence-electron chi connectivity index (χ0n) is 18.7. The van der Waals surface area contributed by atoms with Crippen molar-refractivity contribution in [1.82, 2.24) is 20.1 Å². The number of amides is 1. The zero-order valence-corrected chi connectivity index (χ0v) is 18.7. The van der Waals surface area contributed by atoms with Crippen molar-refractivity contribution in [1.29, 1.82) is 0 Å². The number of carbonyl (C=O) groups excluding carboxylic acids is 1. The molecule has 0 aliphatic rings. The summed E-state index contributed by atoms with van der Waals surface area (Å²) in [6.45, 7) is 3.06. The Labute approximate surface area is 196 Å². The van der Waals surface area contributed by atoms with Crippen molar-refractivity contribution in [2.24, 2.45) is 0 Å². The van der Waals surface area contributed by atoms with Crippen molar-refractivity contribution in [3.63, 3.8) is 0 Å². The van der Waals surface area contributed by atoms with Crippen molar-refractivity contribution in [3.05, 3.63) is 112 Å². The highest BCUT2D eigenvalue weighted by atomic mass is 16.5. The van der Waals surface area contributed by atoms with E-state index < -0.39 is 0 Å². The second-order valence-corrected chi connectivity index (χ2v) is 7.39. The summed E-state index contributed by atoms with van der Waals surface area (Å²) in [5.41, 5.74) is 1.62. The standard InChI is InChI=1S/C26H24N4O4/c1-2-33-21-8-10-22(11-9-21)34-24-16-20(14-15-27-24)17-28-26(32)23-12-13-25(31)30(29-23)18-19-6-4-3-5-7-19/h3-16H,2,17-18H2,1H3,(H,28,32). The molecule has 1 amide bonds. The molecule has 2 heterocycles. The molecule has 0 spiro atoms. The Balaban J connectivity index is 1.38. The second kappa shape index (κ2) is 10.9. The van der Waals surface area contributed by atoms with Crippen LogP contribution in [0.15, 0.2) is 89.9 Å². The first-order valence-electron chi connectivity index (χ1n) is 10.9. The number of ether oxygens (including phenoxy) is 2. The molecule has 34 heavy (non-hydrogen) atoms. The molecule has 4 rings (SSSR count). The van der Waals surface area contributed by atoms with Crippen LogP contribution in [0.2, 0.25) is 0 Å². The van der Waals surface area contributed by atoms with E-state index in [1.165, 1.54) is 16.8 Å². The minimum absolute atomic E-state index is 0.162. The summed E-state index contributed by atoms with van der Waals surface area (Å²) in [6.07, 6.45) is 1.61. The summed E-state index contributed by atoms with van der Waals surface area (Å²) in [7, 11) is 0. The van der Waals surface area contributed by atoms with Crippen LogP contribution in [0, 0.1) is 0 Å². The van der Waals surface area contributed by atoms with Gasteiger partial charge in [0.15, 0.2) is 0 Å². The molecule has 8 heteroatoms. The molecule has 0 radical (unpaired) electrons. The van der Waals surface area contributed by atoms with Crippen molar-refractivity contribution in [2.75, 3.05) is 6.61 Å². The van der Waals surface area contributed by atoms with E-state index in [-0.39, 0.29) is 30.2 Å². The van der Waals surface area contributed by atoms with Gasteiger partial charge in [-0.25, -0.2) is 9.67 Å². The molecule has 0 bridgehead atoms. The van der Waals surface area contributed by atoms with Crippen LogP contribution in [0.5, 0.6) is 17.4 Å². The maximum atomic E-state index is 12.6. The summed E-state index contributed by atoms with van der Waals surface area (Å²) < 4.78 is 12.5. The number of pyridine rings is 1. The van der Waals surface area contributed by atoms with Crippen LogP contribution >= 0.6 is 0 Å². The average molecular weight is 457 g/mol. The van der Waals surface area contributed by atoms with Gasteiger partial charge in [-0.2, -0.15) is 5.10 Å². The summed E-state index contributed by atoms with van der Waals surface area (Å²) in [5, 5.41) is 7.04. The first-order chi connectivity index (χ1) is 16.6. The van der Waals surface area contributed by atoms with Crippen molar-refractivity contribution in [2.45, 2.75) is 20.0 Å². The minimum atomic E-state index is -0.382. The molecular weight excluding hydrogens is 432 g/mol. The van der Waals surface area contributed by atoms with Crippen LogP contribution < -0.4 is 20.3 Å². The van der Waals surface area contributed by atoms with Crippen LogP contribution in [0.25, 0.3) is 0 Å². The van der Waals surface area contributed by atoms with Gasteiger partial charge in [0, 0.05) is 24.9 Å². The third-order valence-electron chi connectivity index (χ3n) is 4.88. The number of rotatable bonds is 9. The predicted molar refractivity (Wildman–Crippen MR) is 127 cm³/mol. The molecule has 8 nitrogen and oxygen atoms in total. The number of hydrogen-bond donors (Lipinski definition) is 1. The van der Waals surface area contributed by atoms with Gasteiger partial charge in [0.1, 0.15) is 17.2 Å². The number of benzene rings is 2. The monoisotopic (exact) mass is 456 g/mol. The Morgan fingerprint density at radius 2 is 1.71 bits per heavy atom. The smallest absolute Gasteiger partial charge is 0.271 e. The molecule has 0 saturated carbocycles. The van der Waals surface area contributed by atoms with Crippen molar-refractivity contribution < 1.29 is 14.3 Å². The van der Waals surface area contributed by atoms with Gasteiger partial charge in [-0.1, -0.05) is 30.3 Å². The molecule has 0 aliphatic carbocycles. The maximum Gasteiger partial charge on any atom is 0.271 e. The quantitative estimate of drug-likeness (QED) is 0.412. The van der Waals surface area contributed by atoms with Crippen molar-refractivity contribution >= 4 is 5.91 Å². The first kappa shape index (κ1) is 22.7. The lowest BCUT2D eigenvalue weighted by Crippen LogP contribution is -2.29. The lowest BCUT2D eigenvalue weighted by atomic mass is 10.2. The number of nitrogens with one attached hydrogen (secondary N) is 1. The van der Waals surface area contributed by atoms with Crippen LogP contribution in [0.4, 0.5) is 0 Å². The molecule has 2 aromatic heterocycles. The third kappa shape index (κ3) is 6.07. The fourth-order valence-corrected chi connectivity index (χ4v) is 3.22. The Hall–Kier alpha value is -4.46. The van der Waals surface area contributed by atoms with E-state index in [1.807, 2.05) is 49.4 Å². The molecular formula is C26H24N4O4. The molecule has 0 saturated heterocycles. The fraction of sp³-hybridized carbons (Fsp3) is 0.154. The van der Waals surface area contributed by atoms with Crippen LogP contribution in [-0.2, 0) is 13.1 Å². The normalized spacial score (nSPS) is 10.5. The number of carbonyl (C=O) groups is 1. The molecule has 0 unspecified atom stereocenters. The summed E-state index contributed by atoms with van der Waals surface area (Å²) in [4.78, 5) is 29.0. The molecule has 0 atom stereocenters. The van der Waals surface area contributed by atoms with Crippen molar-refractivity contribution in [3.8, 4) is 17.4 Å². The van der Waals surface area contributed by atoms with Gasteiger partial charge in [0.2, 0.25) is 5.88 Å². The van der Waals surface area contributed by atoms with Gasteiger partial charge < -0.3 is 14.8 Å². The third-order valence-corrected chi connectivity index (χ3v) is 4.88. The highest BCUT2D eigenvalue weighted by Crippen LogP contribution is 2.23. The van der Waals surface area contributed by atoms with Gasteiger partial charge >= 0.3 is 0 Å². The Morgan fingerprint density at radius 1 is 0.941 bits per heavy atom. The Kier molecular flexibility index (Phi) is 7.29. The summed E-state index contributed by atoms with van der Waals surface area (Å²) in [6, 6.07) is 23.0. The first-order valence-corrected chi connectivity index (χ1v) is 10.9. The number of hydrogen-bond acceptors (Lipinski definition) is 6. The van der Waals surface area contributed by atoms with E-state index in [9.17, 15) is 9.59 Å². The van der Waals surface area contributed by atoms with E-state index in [0.29, 0.717) is 18.2 Å². The fourth-order valence-electron chi connectivity index (χ4n) is 3.22. The number of nitrogens with zero attached hydrogens (tertiary/aromatic N) is 3. The predicted octanol–water partition coefficient (Wildman–Crippen LogP) is 3.81. The minimum Gasteiger partial charge on any atom is -0.494 e. The van der Waals surface area contributed by atoms with E-state index in [2.05, 4.69) is 15.4 Å². The summed E-state index contributed by atoms with van der Waals surface area (Å²) >= 11 is 0. The van der Waals surface area contributed by atoms with Gasteiger partial charge in [0.25, 0.3) is 11.5 Å². The van der Waals surface area contributed by atoms with E-state index >= 15 is 0 Å². The van der Waals surface area contributed by atoms with Crippen LogP contribution in [0.1, 0.15) is 28.5 Å². The van der Waals surface area contributed by atoms with Gasteiger partial charge in [-0.05, 0) is 54.4 Å². The van der Waals surface area contributed by atoms with E-state index in [1.54, 1.807) is 30.5 Å². The van der Waals surface area contributed by atoms with Crippen LogP contribution in [0.3, 0.4) is 0 Å². The molecule has 1 N–H and O–H groups in total. The van der Waals surface area contributed by atoms with E-state index in [4.69, 9.17) is 9.47 Å². The Bertz CT molecular complexity index is 1300. The highest BCUT2D eigenvalue weighted by Gasteiger charge is 2.10. The average Bonchev–Trinajstić information content (AvgIpc) is 2.86. The molecule has 0 fully saturated rings. The maximum absolute atomic E-state index is 12.6. The van der Waals surface area contributed by atoms with Gasteiger partial charge in [0.05, 0.1) is 13.2 Å². The van der Waals surface area contributed by atoms with Gasteiger partial charge in [-0.15, -0.1) is 0 Å². The highest BCUT2D eigenvalue weighted by molar-refractivity contribution is 5.91. The topological polar surface area (TPSA) is 95.3 Å². The SMILES string of the molecule is CCOc1ccc(Oc2cc(CNC(=O)c3ccc(=O)n(Cc4ccccc4)n3)ccn2)cc1. The molecule has 2 aromatic carbocycles.